The number of nitrogens with one attached hydrogen (secondary N) is 2. The van der Waals surface area contributed by atoms with Gasteiger partial charge in [-0.2, -0.15) is 0 Å². The van der Waals surface area contributed by atoms with Crippen molar-refractivity contribution in [3.05, 3.63) is 87.9 Å². The molecular weight excluding hydrogens is 448 g/mol. The van der Waals surface area contributed by atoms with E-state index in [2.05, 4.69) is 10.0 Å². The first-order chi connectivity index (χ1) is 15.2. The predicted molar refractivity (Wildman–Crippen MR) is 127 cm³/mol. The van der Waals surface area contributed by atoms with E-state index in [0.29, 0.717) is 5.69 Å². The number of hydrogen-bond donors (Lipinski definition) is 2. The number of aryl methyl sites for hydroxylation is 3. The van der Waals surface area contributed by atoms with E-state index in [4.69, 9.17) is 16.3 Å². The van der Waals surface area contributed by atoms with Crippen LogP contribution in [0, 0.1) is 20.8 Å². The number of benzene rings is 3. The minimum absolute atomic E-state index is 0.0294. The lowest BCUT2D eigenvalue weighted by molar-refractivity contribution is 0.0946. The fourth-order valence-corrected chi connectivity index (χ4v) is 4.78. The maximum Gasteiger partial charge on any atom is 0.263 e. The maximum absolute atomic E-state index is 12.9. The summed E-state index contributed by atoms with van der Waals surface area (Å²) in [5, 5.41) is 2.76. The molecule has 168 valence electrons. The fraction of sp³-hybridized carbons (Fsp3) is 0.208. The third-order valence-electron chi connectivity index (χ3n) is 4.85. The van der Waals surface area contributed by atoms with Crippen LogP contribution >= 0.6 is 11.6 Å². The van der Waals surface area contributed by atoms with Crippen LogP contribution in [-0.4, -0.2) is 27.5 Å². The number of hydrogen-bond acceptors (Lipinski definition) is 4. The lowest BCUT2D eigenvalue weighted by atomic mass is 10.1. The van der Waals surface area contributed by atoms with Crippen molar-refractivity contribution in [2.45, 2.75) is 25.7 Å². The number of amides is 1. The Morgan fingerprint density at radius 3 is 2.44 bits per heavy atom. The van der Waals surface area contributed by atoms with Crippen molar-refractivity contribution in [3.8, 4) is 5.75 Å². The average molecular weight is 473 g/mol. The van der Waals surface area contributed by atoms with E-state index >= 15 is 0 Å². The molecule has 8 heteroatoms. The van der Waals surface area contributed by atoms with Gasteiger partial charge in [0.05, 0.1) is 17.3 Å². The van der Waals surface area contributed by atoms with Crippen LogP contribution < -0.4 is 14.8 Å². The van der Waals surface area contributed by atoms with E-state index in [9.17, 15) is 13.2 Å². The summed E-state index contributed by atoms with van der Waals surface area (Å²) in [6.07, 6.45) is 0. The number of carbonyl (C=O) groups is 1. The summed E-state index contributed by atoms with van der Waals surface area (Å²) in [5.41, 5.74) is 3.45. The van der Waals surface area contributed by atoms with Crippen molar-refractivity contribution in [1.82, 2.24) is 5.32 Å². The maximum atomic E-state index is 12.9. The number of anilines is 1. The predicted octanol–water partition coefficient (Wildman–Crippen LogP) is 4.87. The molecule has 3 aromatic carbocycles. The Labute approximate surface area is 193 Å². The smallest absolute Gasteiger partial charge is 0.263 e. The number of para-hydroxylation sites is 1. The SMILES string of the molecule is Cc1ccc(NS(=O)(=O)c2cc(C(=O)NCCOc3ccccc3C)ccc2Cl)c(C)c1. The Balaban J connectivity index is 1.68. The Morgan fingerprint density at radius 2 is 1.72 bits per heavy atom. The highest BCUT2D eigenvalue weighted by Gasteiger charge is 2.21. The van der Waals surface area contributed by atoms with E-state index in [1.807, 2.05) is 57.2 Å². The van der Waals surface area contributed by atoms with Crippen LogP contribution in [0.4, 0.5) is 5.69 Å². The molecule has 6 nitrogen and oxygen atoms in total. The number of rotatable bonds is 8. The van der Waals surface area contributed by atoms with Gasteiger partial charge in [-0.25, -0.2) is 8.42 Å². The van der Waals surface area contributed by atoms with Crippen LogP contribution in [0.5, 0.6) is 5.75 Å². The van der Waals surface area contributed by atoms with Crippen molar-refractivity contribution in [2.24, 2.45) is 0 Å². The first-order valence-electron chi connectivity index (χ1n) is 10.0. The summed E-state index contributed by atoms with van der Waals surface area (Å²) in [6, 6.07) is 17.1. The van der Waals surface area contributed by atoms with E-state index in [-0.39, 0.29) is 28.6 Å². The lowest BCUT2D eigenvalue weighted by Crippen LogP contribution is -2.28. The number of ether oxygens (including phenoxy) is 1. The number of halogens is 1. The van der Waals surface area contributed by atoms with Gasteiger partial charge < -0.3 is 10.1 Å². The molecule has 0 bridgehead atoms. The first kappa shape index (κ1) is 23.6. The van der Waals surface area contributed by atoms with Crippen LogP contribution in [0.1, 0.15) is 27.0 Å². The van der Waals surface area contributed by atoms with Crippen LogP contribution in [-0.2, 0) is 10.0 Å². The largest absolute Gasteiger partial charge is 0.491 e. The Bertz CT molecular complexity index is 1240. The molecule has 3 rings (SSSR count). The second-order valence-corrected chi connectivity index (χ2v) is 9.50. The third kappa shape index (κ3) is 5.81. The summed E-state index contributed by atoms with van der Waals surface area (Å²) < 4.78 is 34.1. The van der Waals surface area contributed by atoms with Gasteiger partial charge in [-0.05, 0) is 62.2 Å². The molecule has 1 amide bonds. The van der Waals surface area contributed by atoms with Crippen LogP contribution in [0.25, 0.3) is 0 Å². The molecule has 0 unspecified atom stereocenters. The van der Waals surface area contributed by atoms with Gasteiger partial charge in [0.1, 0.15) is 17.3 Å². The summed E-state index contributed by atoms with van der Waals surface area (Å²) in [5.74, 6) is 0.331. The van der Waals surface area contributed by atoms with Crippen LogP contribution in [0.2, 0.25) is 5.02 Å². The van der Waals surface area contributed by atoms with Gasteiger partial charge in [0.25, 0.3) is 15.9 Å². The standard InChI is InChI=1S/C24H25ClN2O4S/c1-16-8-11-21(18(3)14-16)27-32(29,30)23-15-19(9-10-20(23)25)24(28)26-12-13-31-22-7-5-4-6-17(22)2/h4-11,14-15,27H,12-13H2,1-3H3,(H,26,28). The normalized spacial score (nSPS) is 11.1. The van der Waals surface area contributed by atoms with E-state index in [0.717, 1.165) is 22.4 Å². The topological polar surface area (TPSA) is 84.5 Å². The monoisotopic (exact) mass is 472 g/mol. The molecule has 2 N–H and O–H groups in total. The average Bonchev–Trinajstić information content (AvgIpc) is 2.74. The molecule has 0 aromatic heterocycles. The summed E-state index contributed by atoms with van der Waals surface area (Å²) in [7, 11) is -3.99. The molecule has 32 heavy (non-hydrogen) atoms. The fourth-order valence-electron chi connectivity index (χ4n) is 3.12. The highest BCUT2D eigenvalue weighted by molar-refractivity contribution is 7.92. The van der Waals surface area contributed by atoms with Gasteiger partial charge in [-0.15, -0.1) is 0 Å². The van der Waals surface area contributed by atoms with E-state index in [1.165, 1.54) is 18.2 Å². The van der Waals surface area contributed by atoms with E-state index in [1.54, 1.807) is 6.07 Å². The zero-order chi connectivity index (χ0) is 23.3. The van der Waals surface area contributed by atoms with Gasteiger partial charge in [0.2, 0.25) is 0 Å². The Kier molecular flexibility index (Phi) is 7.43. The van der Waals surface area contributed by atoms with Gasteiger partial charge in [-0.3, -0.25) is 9.52 Å². The summed E-state index contributed by atoms with van der Waals surface area (Å²) in [6.45, 7) is 6.23. The Morgan fingerprint density at radius 1 is 0.969 bits per heavy atom. The quantitative estimate of drug-likeness (QED) is 0.458. The van der Waals surface area contributed by atoms with Crippen LogP contribution in [0.3, 0.4) is 0 Å². The molecule has 0 spiro atoms. The molecular formula is C24H25ClN2O4S. The van der Waals surface area contributed by atoms with Gasteiger partial charge >= 0.3 is 0 Å². The van der Waals surface area contributed by atoms with Gasteiger partial charge in [0.15, 0.2) is 0 Å². The van der Waals surface area contributed by atoms with Crippen molar-refractivity contribution < 1.29 is 17.9 Å². The second-order valence-electron chi connectivity index (χ2n) is 7.44. The molecule has 0 aliphatic carbocycles. The van der Waals surface area contributed by atoms with Crippen molar-refractivity contribution in [1.29, 1.82) is 0 Å². The molecule has 0 radical (unpaired) electrons. The first-order valence-corrected chi connectivity index (χ1v) is 11.9. The Hall–Kier alpha value is -3.03. The minimum atomic E-state index is -3.99. The van der Waals surface area contributed by atoms with Crippen molar-refractivity contribution in [3.63, 3.8) is 0 Å². The summed E-state index contributed by atoms with van der Waals surface area (Å²) in [4.78, 5) is 12.4. The summed E-state index contributed by atoms with van der Waals surface area (Å²) >= 11 is 6.16. The van der Waals surface area contributed by atoms with Crippen molar-refractivity contribution in [2.75, 3.05) is 17.9 Å². The number of carbonyl (C=O) groups excluding carboxylic acids is 1. The zero-order valence-electron chi connectivity index (χ0n) is 18.1. The molecule has 0 saturated carbocycles. The second kappa shape index (κ2) is 10.1. The molecule has 0 saturated heterocycles. The highest BCUT2D eigenvalue weighted by atomic mass is 35.5. The van der Waals surface area contributed by atoms with Gasteiger partial charge in [0, 0.05) is 5.56 Å². The molecule has 3 aromatic rings. The lowest BCUT2D eigenvalue weighted by Gasteiger charge is -2.13. The van der Waals surface area contributed by atoms with E-state index < -0.39 is 15.9 Å². The molecule has 0 aliphatic heterocycles. The molecule has 0 aliphatic rings. The number of sulfonamides is 1. The van der Waals surface area contributed by atoms with Crippen molar-refractivity contribution >= 4 is 33.2 Å². The minimum Gasteiger partial charge on any atom is -0.491 e. The molecule has 0 fully saturated rings. The van der Waals surface area contributed by atoms with Crippen LogP contribution in [0.15, 0.2) is 65.6 Å². The third-order valence-corrected chi connectivity index (χ3v) is 6.69. The molecule has 0 heterocycles. The molecule has 0 atom stereocenters. The van der Waals surface area contributed by atoms with Gasteiger partial charge in [-0.1, -0.05) is 47.5 Å². The highest BCUT2D eigenvalue weighted by Crippen LogP contribution is 2.26. The zero-order valence-corrected chi connectivity index (χ0v) is 19.7.